The van der Waals surface area contributed by atoms with Crippen LogP contribution in [0.4, 0.5) is 10.5 Å². The Morgan fingerprint density at radius 3 is 2.91 bits per heavy atom. The first-order valence-corrected chi connectivity index (χ1v) is 7.34. The van der Waals surface area contributed by atoms with Gasteiger partial charge in [-0.3, -0.25) is 9.40 Å². The quantitative estimate of drug-likeness (QED) is 0.798. The third-order valence-corrected chi connectivity index (χ3v) is 2.90. The fourth-order valence-electron chi connectivity index (χ4n) is 1.88. The summed E-state index contributed by atoms with van der Waals surface area (Å²) in [5.41, 5.74) is 3.50. The van der Waals surface area contributed by atoms with Crippen molar-refractivity contribution in [3.05, 3.63) is 58.8 Å². The molecule has 0 aliphatic carbocycles. The Morgan fingerprint density at radius 2 is 2.17 bits per heavy atom. The van der Waals surface area contributed by atoms with Gasteiger partial charge < -0.3 is 5.32 Å². The van der Waals surface area contributed by atoms with Crippen LogP contribution in [0.2, 0.25) is 0 Å². The zero-order valence-electron chi connectivity index (χ0n) is 13.2. The highest BCUT2D eigenvalue weighted by atomic mass is 16.7. The van der Waals surface area contributed by atoms with E-state index in [-0.39, 0.29) is 5.69 Å². The van der Waals surface area contributed by atoms with Crippen molar-refractivity contribution in [1.29, 1.82) is 0 Å². The minimum atomic E-state index is -0.443. The predicted molar refractivity (Wildman–Crippen MR) is 87.0 cm³/mol. The molecule has 7 heteroatoms. The topological polar surface area (TPSA) is 85.2 Å². The Kier molecular flexibility index (Phi) is 5.87. The molecule has 0 aliphatic rings. The summed E-state index contributed by atoms with van der Waals surface area (Å²) in [5.74, 6) is 0.330. The standard InChI is InChI=1S/C16H20N4O3/c1-12(2)11-23-19-15(21)18-14-6-3-5-13(9-14)10-20-8-4-7-17-16(20)22/h3-9,12H,10-11H2,1-2H3,(H2,18,19,21). The van der Waals surface area contributed by atoms with Crippen molar-refractivity contribution < 1.29 is 9.63 Å². The van der Waals surface area contributed by atoms with E-state index in [0.29, 0.717) is 24.8 Å². The van der Waals surface area contributed by atoms with Crippen LogP contribution >= 0.6 is 0 Å². The van der Waals surface area contributed by atoms with Crippen molar-refractivity contribution in [2.75, 3.05) is 11.9 Å². The second kappa shape index (κ2) is 8.09. The molecule has 0 saturated heterocycles. The summed E-state index contributed by atoms with van der Waals surface area (Å²) in [4.78, 5) is 32.1. The summed E-state index contributed by atoms with van der Waals surface area (Å²) < 4.78 is 1.49. The minimum Gasteiger partial charge on any atom is -0.306 e. The van der Waals surface area contributed by atoms with Gasteiger partial charge in [-0.2, -0.15) is 0 Å². The molecular formula is C16H20N4O3. The summed E-state index contributed by atoms with van der Waals surface area (Å²) in [7, 11) is 0. The number of nitrogens with one attached hydrogen (secondary N) is 2. The molecule has 0 saturated carbocycles. The number of hydrogen-bond acceptors (Lipinski definition) is 4. The lowest BCUT2D eigenvalue weighted by molar-refractivity contribution is 0.0482. The van der Waals surface area contributed by atoms with Crippen LogP contribution in [-0.2, 0) is 11.4 Å². The highest BCUT2D eigenvalue weighted by Crippen LogP contribution is 2.11. The Labute approximate surface area is 134 Å². The van der Waals surface area contributed by atoms with E-state index in [4.69, 9.17) is 4.84 Å². The van der Waals surface area contributed by atoms with Crippen LogP contribution in [0, 0.1) is 5.92 Å². The third-order valence-electron chi connectivity index (χ3n) is 2.90. The van der Waals surface area contributed by atoms with Crippen LogP contribution in [0.25, 0.3) is 0 Å². The van der Waals surface area contributed by atoms with Crippen molar-refractivity contribution in [1.82, 2.24) is 15.0 Å². The van der Waals surface area contributed by atoms with Crippen LogP contribution < -0.4 is 16.5 Å². The molecule has 0 bridgehead atoms. The highest BCUT2D eigenvalue weighted by molar-refractivity contribution is 5.88. The van der Waals surface area contributed by atoms with E-state index in [1.807, 2.05) is 19.9 Å². The van der Waals surface area contributed by atoms with Gasteiger partial charge in [0.25, 0.3) is 0 Å². The van der Waals surface area contributed by atoms with E-state index in [1.165, 1.54) is 10.8 Å². The zero-order valence-corrected chi connectivity index (χ0v) is 13.2. The molecule has 1 aromatic carbocycles. The maximum Gasteiger partial charge on any atom is 0.347 e. The fraction of sp³-hybridized carbons (Fsp3) is 0.312. The van der Waals surface area contributed by atoms with Gasteiger partial charge >= 0.3 is 11.7 Å². The van der Waals surface area contributed by atoms with Gasteiger partial charge in [0.05, 0.1) is 13.2 Å². The molecule has 0 aliphatic heterocycles. The summed E-state index contributed by atoms with van der Waals surface area (Å²) >= 11 is 0. The fourth-order valence-corrected chi connectivity index (χ4v) is 1.88. The highest BCUT2D eigenvalue weighted by Gasteiger charge is 2.04. The number of nitrogens with zero attached hydrogens (tertiary/aromatic N) is 2. The Bertz CT molecular complexity index is 712. The van der Waals surface area contributed by atoms with E-state index in [0.717, 1.165) is 5.56 Å². The summed E-state index contributed by atoms with van der Waals surface area (Å²) in [6, 6.07) is 8.49. The average Bonchev–Trinajstić information content (AvgIpc) is 2.49. The SMILES string of the molecule is CC(C)CONC(=O)Nc1cccc(Cn2cccnc2=O)c1. The molecule has 0 unspecified atom stereocenters. The molecule has 2 aromatic rings. The normalized spacial score (nSPS) is 10.6. The molecule has 7 nitrogen and oxygen atoms in total. The first kappa shape index (κ1) is 16.7. The van der Waals surface area contributed by atoms with Crippen molar-refractivity contribution in [2.24, 2.45) is 5.92 Å². The first-order chi connectivity index (χ1) is 11.0. The molecule has 2 N–H and O–H groups in total. The van der Waals surface area contributed by atoms with Gasteiger partial charge in [-0.05, 0) is 29.7 Å². The second-order valence-electron chi connectivity index (χ2n) is 5.49. The molecular weight excluding hydrogens is 296 g/mol. The zero-order chi connectivity index (χ0) is 16.7. The number of aromatic nitrogens is 2. The number of hydrogen-bond donors (Lipinski definition) is 2. The second-order valence-corrected chi connectivity index (χ2v) is 5.49. The lowest BCUT2D eigenvalue weighted by atomic mass is 10.2. The van der Waals surface area contributed by atoms with Gasteiger partial charge in [0.1, 0.15) is 0 Å². The van der Waals surface area contributed by atoms with E-state index in [1.54, 1.807) is 30.5 Å². The third kappa shape index (κ3) is 5.55. The van der Waals surface area contributed by atoms with E-state index in [9.17, 15) is 9.59 Å². The van der Waals surface area contributed by atoms with Crippen molar-refractivity contribution in [2.45, 2.75) is 20.4 Å². The van der Waals surface area contributed by atoms with Gasteiger partial charge in [-0.1, -0.05) is 26.0 Å². The van der Waals surface area contributed by atoms with Gasteiger partial charge in [-0.25, -0.2) is 20.1 Å². The molecule has 1 heterocycles. The van der Waals surface area contributed by atoms with Gasteiger partial charge in [0.2, 0.25) is 0 Å². The first-order valence-electron chi connectivity index (χ1n) is 7.34. The molecule has 122 valence electrons. The van der Waals surface area contributed by atoms with Crippen molar-refractivity contribution >= 4 is 11.7 Å². The lowest BCUT2D eigenvalue weighted by Gasteiger charge is -2.10. The number of hydroxylamine groups is 1. The number of benzene rings is 1. The van der Waals surface area contributed by atoms with Gasteiger partial charge in [-0.15, -0.1) is 0 Å². The van der Waals surface area contributed by atoms with Crippen LogP contribution in [0.15, 0.2) is 47.5 Å². The molecule has 23 heavy (non-hydrogen) atoms. The molecule has 2 amide bonds. The Morgan fingerprint density at radius 1 is 1.35 bits per heavy atom. The molecule has 2 rings (SSSR count). The number of carbonyl (C=O) groups excluding carboxylic acids is 1. The smallest absolute Gasteiger partial charge is 0.306 e. The maximum atomic E-state index is 11.7. The van der Waals surface area contributed by atoms with E-state index >= 15 is 0 Å². The number of urea groups is 1. The lowest BCUT2D eigenvalue weighted by Crippen LogP contribution is -2.30. The van der Waals surface area contributed by atoms with Crippen LogP contribution in [0.5, 0.6) is 0 Å². The minimum absolute atomic E-state index is 0.314. The number of carbonyl (C=O) groups is 1. The van der Waals surface area contributed by atoms with Gasteiger partial charge in [0, 0.05) is 18.1 Å². The van der Waals surface area contributed by atoms with Crippen LogP contribution in [0.3, 0.4) is 0 Å². The van der Waals surface area contributed by atoms with E-state index in [2.05, 4.69) is 15.8 Å². The Balaban J connectivity index is 1.96. The maximum absolute atomic E-state index is 11.7. The molecule has 0 fully saturated rings. The van der Waals surface area contributed by atoms with Crippen molar-refractivity contribution in [3.63, 3.8) is 0 Å². The molecule has 1 aromatic heterocycles. The Hall–Kier alpha value is -2.67. The monoisotopic (exact) mass is 316 g/mol. The van der Waals surface area contributed by atoms with Crippen LogP contribution in [-0.4, -0.2) is 22.2 Å². The van der Waals surface area contributed by atoms with E-state index < -0.39 is 6.03 Å². The van der Waals surface area contributed by atoms with Crippen LogP contribution in [0.1, 0.15) is 19.4 Å². The number of anilines is 1. The molecule has 0 atom stereocenters. The molecule has 0 spiro atoms. The summed E-state index contributed by atoms with van der Waals surface area (Å²) in [5, 5.41) is 2.68. The molecule has 0 radical (unpaired) electrons. The van der Waals surface area contributed by atoms with Crippen molar-refractivity contribution in [3.8, 4) is 0 Å². The summed E-state index contributed by atoms with van der Waals surface area (Å²) in [6.45, 7) is 4.80. The average molecular weight is 316 g/mol. The number of amides is 2. The predicted octanol–water partition coefficient (Wildman–Crippen LogP) is 2.00. The number of rotatable bonds is 6. The van der Waals surface area contributed by atoms with Gasteiger partial charge in [0.15, 0.2) is 0 Å². The largest absolute Gasteiger partial charge is 0.347 e. The summed E-state index contributed by atoms with van der Waals surface area (Å²) in [6.07, 6.45) is 3.13.